The van der Waals surface area contributed by atoms with Gasteiger partial charge in [-0.1, -0.05) is 12.1 Å². The van der Waals surface area contributed by atoms with Crippen LogP contribution in [0.4, 0.5) is 17.1 Å². The molecule has 0 saturated carbocycles. The zero-order valence-electron chi connectivity index (χ0n) is 19.0. The third kappa shape index (κ3) is 5.85. The van der Waals surface area contributed by atoms with Gasteiger partial charge in [-0.3, -0.25) is 14.9 Å². The van der Waals surface area contributed by atoms with Crippen LogP contribution in [0.3, 0.4) is 0 Å². The maximum absolute atomic E-state index is 13.2. The number of nitrogens with zero attached hydrogens (tertiary/aromatic N) is 3. The maximum Gasteiger partial charge on any atom is 0.276 e. The van der Waals surface area contributed by atoms with E-state index in [9.17, 15) is 23.3 Å². The summed E-state index contributed by atoms with van der Waals surface area (Å²) in [6.07, 6.45) is 2.55. The first kappa shape index (κ1) is 24.8. The smallest absolute Gasteiger partial charge is 0.276 e. The molecular weight excluding hydrogens is 476 g/mol. The second-order valence-corrected chi connectivity index (χ2v) is 9.87. The topological polar surface area (TPSA) is 131 Å². The molecule has 12 heteroatoms. The molecule has 4 rings (SSSR count). The van der Waals surface area contributed by atoms with E-state index in [1.54, 1.807) is 18.2 Å². The van der Waals surface area contributed by atoms with Crippen LogP contribution in [0.2, 0.25) is 0 Å². The first-order valence-electron chi connectivity index (χ1n) is 11.1. The van der Waals surface area contributed by atoms with Gasteiger partial charge in [-0.15, -0.1) is 0 Å². The van der Waals surface area contributed by atoms with Gasteiger partial charge in [0.15, 0.2) is 0 Å². The minimum absolute atomic E-state index is 0.0642. The van der Waals surface area contributed by atoms with Crippen molar-refractivity contribution in [1.29, 1.82) is 0 Å². The Morgan fingerprint density at radius 2 is 1.66 bits per heavy atom. The third-order valence-electron chi connectivity index (χ3n) is 5.73. The molecule has 0 spiro atoms. The first-order chi connectivity index (χ1) is 16.9. The summed E-state index contributed by atoms with van der Waals surface area (Å²) in [6.45, 7) is 3.37. The third-order valence-corrected chi connectivity index (χ3v) is 7.63. The molecule has 0 aliphatic carbocycles. The van der Waals surface area contributed by atoms with E-state index in [0.29, 0.717) is 50.9 Å². The Kier molecular flexibility index (Phi) is 7.76. The van der Waals surface area contributed by atoms with Crippen LogP contribution >= 0.6 is 0 Å². The van der Waals surface area contributed by atoms with Crippen molar-refractivity contribution in [3.63, 3.8) is 0 Å². The molecule has 2 heterocycles. The summed E-state index contributed by atoms with van der Waals surface area (Å²) >= 11 is 0. The second kappa shape index (κ2) is 11.0. The molecule has 0 aromatic heterocycles. The Balaban J connectivity index is 1.62. The van der Waals surface area contributed by atoms with E-state index in [0.717, 1.165) is 0 Å². The van der Waals surface area contributed by atoms with E-state index < -0.39 is 20.9 Å². The highest BCUT2D eigenvalue weighted by atomic mass is 32.2. The lowest BCUT2D eigenvalue weighted by Gasteiger charge is -2.31. The lowest BCUT2D eigenvalue weighted by atomic mass is 10.1. The molecule has 1 N–H and O–H groups in total. The van der Waals surface area contributed by atoms with Crippen LogP contribution in [0, 0.1) is 10.1 Å². The first-order valence-corrected chi connectivity index (χ1v) is 12.6. The number of morpholine rings is 2. The van der Waals surface area contributed by atoms with E-state index in [-0.39, 0.29) is 29.2 Å². The van der Waals surface area contributed by atoms with Gasteiger partial charge in [0, 0.05) is 38.3 Å². The predicted molar refractivity (Wildman–Crippen MR) is 130 cm³/mol. The molecule has 2 saturated heterocycles. The summed E-state index contributed by atoms with van der Waals surface area (Å²) in [4.78, 5) is 25.6. The van der Waals surface area contributed by atoms with Crippen molar-refractivity contribution in [2.24, 2.45) is 0 Å². The van der Waals surface area contributed by atoms with Crippen LogP contribution in [0.1, 0.15) is 5.56 Å². The predicted octanol–water partition coefficient (Wildman–Crippen LogP) is 2.10. The number of benzene rings is 2. The van der Waals surface area contributed by atoms with Crippen molar-refractivity contribution >= 4 is 39.1 Å². The Hall–Kier alpha value is -3.32. The number of hydrogen-bond acceptors (Lipinski definition) is 8. The molecule has 11 nitrogen and oxygen atoms in total. The lowest BCUT2D eigenvalue weighted by Crippen LogP contribution is -2.40. The van der Waals surface area contributed by atoms with Gasteiger partial charge in [0.2, 0.25) is 15.9 Å². The number of sulfonamides is 1. The molecule has 35 heavy (non-hydrogen) atoms. The highest BCUT2D eigenvalue weighted by Gasteiger charge is 2.28. The van der Waals surface area contributed by atoms with Gasteiger partial charge in [-0.25, -0.2) is 8.42 Å². The van der Waals surface area contributed by atoms with Crippen LogP contribution in [0.5, 0.6) is 0 Å². The van der Waals surface area contributed by atoms with Crippen molar-refractivity contribution in [2.45, 2.75) is 4.90 Å². The van der Waals surface area contributed by atoms with Gasteiger partial charge in [0.1, 0.15) is 0 Å². The highest BCUT2D eigenvalue weighted by molar-refractivity contribution is 7.89. The molecule has 1 amide bonds. The number of carbonyl (C=O) groups is 1. The fourth-order valence-corrected chi connectivity index (χ4v) is 5.36. The second-order valence-electron chi connectivity index (χ2n) is 7.93. The van der Waals surface area contributed by atoms with Gasteiger partial charge in [-0.05, 0) is 30.3 Å². The number of hydrogen-bond donors (Lipinski definition) is 1. The number of ether oxygens (including phenoxy) is 2. The fraction of sp³-hybridized carbons (Fsp3) is 0.348. The van der Waals surface area contributed by atoms with Crippen molar-refractivity contribution in [3.8, 4) is 0 Å². The molecule has 0 radical (unpaired) electrons. The van der Waals surface area contributed by atoms with Crippen molar-refractivity contribution in [3.05, 3.63) is 64.2 Å². The summed E-state index contributed by atoms with van der Waals surface area (Å²) in [7, 11) is -3.77. The van der Waals surface area contributed by atoms with Gasteiger partial charge < -0.3 is 19.7 Å². The van der Waals surface area contributed by atoms with E-state index in [1.807, 2.05) is 4.90 Å². The average Bonchev–Trinajstić information content (AvgIpc) is 2.88. The lowest BCUT2D eigenvalue weighted by molar-refractivity contribution is -0.385. The van der Waals surface area contributed by atoms with Gasteiger partial charge >= 0.3 is 0 Å². The highest BCUT2D eigenvalue weighted by Crippen LogP contribution is 2.31. The molecule has 0 atom stereocenters. The Bertz CT molecular complexity index is 1220. The molecule has 2 aliphatic heterocycles. The van der Waals surface area contributed by atoms with Crippen molar-refractivity contribution in [1.82, 2.24) is 4.31 Å². The molecule has 2 aromatic carbocycles. The van der Waals surface area contributed by atoms with Crippen LogP contribution < -0.4 is 10.2 Å². The Morgan fingerprint density at radius 3 is 2.34 bits per heavy atom. The average molecular weight is 503 g/mol. The van der Waals surface area contributed by atoms with E-state index in [2.05, 4.69) is 5.32 Å². The van der Waals surface area contributed by atoms with Crippen molar-refractivity contribution in [2.75, 3.05) is 62.8 Å². The maximum atomic E-state index is 13.2. The number of para-hydroxylation sites is 1. The van der Waals surface area contributed by atoms with Gasteiger partial charge in [0.25, 0.3) is 5.69 Å². The monoisotopic (exact) mass is 502 g/mol. The number of nitro benzene ring substituents is 1. The number of nitro groups is 1. The van der Waals surface area contributed by atoms with Crippen LogP contribution in [-0.2, 0) is 24.3 Å². The molecule has 2 aromatic rings. The molecule has 2 fully saturated rings. The Morgan fingerprint density at radius 1 is 1.00 bits per heavy atom. The summed E-state index contributed by atoms with van der Waals surface area (Å²) in [6, 6.07) is 10.7. The number of carbonyl (C=O) groups excluding carboxylic acids is 1. The van der Waals surface area contributed by atoms with Crippen LogP contribution in [0.25, 0.3) is 6.08 Å². The van der Waals surface area contributed by atoms with E-state index in [1.165, 1.54) is 40.7 Å². The molecule has 0 unspecified atom stereocenters. The number of anilines is 2. The van der Waals surface area contributed by atoms with Gasteiger partial charge in [0.05, 0.1) is 53.2 Å². The van der Waals surface area contributed by atoms with Crippen molar-refractivity contribution < 1.29 is 27.6 Å². The number of rotatable bonds is 7. The largest absolute Gasteiger partial charge is 0.379 e. The summed E-state index contributed by atoms with van der Waals surface area (Å²) in [5, 5.41) is 14.0. The normalized spacial score (nSPS) is 17.4. The number of nitrogens with one attached hydrogen (secondary N) is 1. The molecule has 2 aliphatic rings. The summed E-state index contributed by atoms with van der Waals surface area (Å²) in [5.41, 5.74) is 1.16. The number of amides is 1. The van der Waals surface area contributed by atoms with Gasteiger partial charge in [-0.2, -0.15) is 4.31 Å². The zero-order chi connectivity index (χ0) is 24.8. The minimum Gasteiger partial charge on any atom is -0.379 e. The van der Waals surface area contributed by atoms with Crippen LogP contribution in [0.15, 0.2) is 53.4 Å². The summed E-state index contributed by atoms with van der Waals surface area (Å²) in [5.74, 6) is -0.543. The quantitative estimate of drug-likeness (QED) is 0.346. The molecular formula is C23H26N4O7S. The molecule has 186 valence electrons. The SMILES string of the molecule is O=C(C=Cc1ccccc1[N+](=O)[O-])Nc1cc(S(=O)(=O)N2CCOCC2)ccc1N1CCOCC1. The fourth-order valence-electron chi connectivity index (χ4n) is 3.93. The standard InChI is InChI=1S/C23H26N4O7S/c28-23(8-5-18-3-1-2-4-21(18)27(29)30)24-20-17-19(35(31,32)26-11-15-34-16-12-26)6-7-22(20)25-9-13-33-14-10-25/h1-8,17H,9-16H2,(H,24,28). The molecule has 0 bridgehead atoms. The Labute approximate surface area is 203 Å². The van der Waals surface area contributed by atoms with E-state index >= 15 is 0 Å². The summed E-state index contributed by atoms with van der Waals surface area (Å²) < 4.78 is 38.4. The van der Waals surface area contributed by atoms with E-state index in [4.69, 9.17) is 9.47 Å². The zero-order valence-corrected chi connectivity index (χ0v) is 19.8. The van der Waals surface area contributed by atoms with Crippen LogP contribution in [-0.4, -0.2) is 76.2 Å². The minimum atomic E-state index is -3.77.